The molecule has 0 saturated carbocycles. The van der Waals surface area contributed by atoms with E-state index in [1.165, 1.54) is 12.8 Å². The maximum absolute atomic E-state index is 5.57. The van der Waals surface area contributed by atoms with Gasteiger partial charge < -0.3 is 15.1 Å². The Hall–Kier alpha value is -1.49. The standard InChI is InChI=1S/C13H22N4O/c1-14-13(15-2)16-10-11(12-6-5-9-18-12)17-7-3-4-8-17/h5-6,9,11H,3-4,7-8,10H2,1-2H3,(H2,14,15,16). The van der Waals surface area contributed by atoms with Crippen molar-refractivity contribution < 1.29 is 4.42 Å². The lowest BCUT2D eigenvalue weighted by Crippen LogP contribution is -2.41. The molecule has 18 heavy (non-hydrogen) atoms. The fraction of sp³-hybridized carbons (Fsp3) is 0.615. The molecule has 0 aliphatic carbocycles. The minimum Gasteiger partial charge on any atom is -0.468 e. The number of guanidine groups is 1. The molecule has 0 bridgehead atoms. The van der Waals surface area contributed by atoms with Crippen molar-refractivity contribution in [1.29, 1.82) is 0 Å². The first kappa shape index (κ1) is 13.0. The molecule has 5 heteroatoms. The zero-order valence-electron chi connectivity index (χ0n) is 11.1. The summed E-state index contributed by atoms with van der Waals surface area (Å²) in [6, 6.07) is 4.28. The van der Waals surface area contributed by atoms with Crippen molar-refractivity contribution in [3.05, 3.63) is 24.2 Å². The fourth-order valence-electron chi connectivity index (χ4n) is 2.42. The molecule has 1 aliphatic heterocycles. The molecule has 2 heterocycles. The average molecular weight is 250 g/mol. The quantitative estimate of drug-likeness (QED) is 0.623. The van der Waals surface area contributed by atoms with Crippen LogP contribution in [0.5, 0.6) is 0 Å². The van der Waals surface area contributed by atoms with Crippen LogP contribution in [0.3, 0.4) is 0 Å². The lowest BCUT2D eigenvalue weighted by molar-refractivity contribution is 0.215. The molecule has 1 aromatic heterocycles. The summed E-state index contributed by atoms with van der Waals surface area (Å²) in [6.07, 6.45) is 4.29. The second kappa shape index (κ2) is 6.44. The average Bonchev–Trinajstić information content (AvgIpc) is 3.07. The van der Waals surface area contributed by atoms with Gasteiger partial charge in [0.2, 0.25) is 0 Å². The van der Waals surface area contributed by atoms with E-state index in [4.69, 9.17) is 4.42 Å². The Morgan fingerprint density at radius 1 is 1.50 bits per heavy atom. The maximum Gasteiger partial charge on any atom is 0.190 e. The Morgan fingerprint density at radius 2 is 2.28 bits per heavy atom. The van der Waals surface area contributed by atoms with Crippen LogP contribution in [0.4, 0.5) is 0 Å². The zero-order chi connectivity index (χ0) is 12.8. The highest BCUT2D eigenvalue weighted by Crippen LogP contribution is 2.24. The molecule has 0 spiro atoms. The molecule has 100 valence electrons. The van der Waals surface area contributed by atoms with Crippen LogP contribution in [0.1, 0.15) is 24.6 Å². The van der Waals surface area contributed by atoms with Crippen LogP contribution in [0.25, 0.3) is 0 Å². The highest BCUT2D eigenvalue weighted by Gasteiger charge is 2.25. The molecular weight excluding hydrogens is 228 g/mol. The number of aliphatic imine (C=N–C) groups is 1. The largest absolute Gasteiger partial charge is 0.468 e. The first-order valence-corrected chi connectivity index (χ1v) is 6.51. The number of hydrogen-bond acceptors (Lipinski definition) is 3. The van der Waals surface area contributed by atoms with Crippen molar-refractivity contribution in [2.45, 2.75) is 18.9 Å². The van der Waals surface area contributed by atoms with E-state index in [0.717, 1.165) is 31.4 Å². The van der Waals surface area contributed by atoms with Gasteiger partial charge in [-0.15, -0.1) is 0 Å². The molecule has 0 amide bonds. The molecule has 1 saturated heterocycles. The maximum atomic E-state index is 5.57. The van der Waals surface area contributed by atoms with Gasteiger partial charge in [0.05, 0.1) is 12.3 Å². The van der Waals surface area contributed by atoms with Crippen LogP contribution in [0.2, 0.25) is 0 Å². The summed E-state index contributed by atoms with van der Waals surface area (Å²) in [5, 5.41) is 6.35. The predicted molar refractivity (Wildman–Crippen MR) is 72.7 cm³/mol. The van der Waals surface area contributed by atoms with Gasteiger partial charge in [-0.3, -0.25) is 9.89 Å². The highest BCUT2D eigenvalue weighted by atomic mass is 16.3. The molecule has 1 atom stereocenters. The topological polar surface area (TPSA) is 52.8 Å². The molecule has 1 aliphatic rings. The van der Waals surface area contributed by atoms with Crippen molar-refractivity contribution >= 4 is 5.96 Å². The molecule has 2 N–H and O–H groups in total. The third-order valence-electron chi connectivity index (χ3n) is 3.38. The lowest BCUT2D eigenvalue weighted by Gasteiger charge is -2.26. The van der Waals surface area contributed by atoms with E-state index in [1.807, 2.05) is 19.2 Å². The first-order valence-electron chi connectivity index (χ1n) is 6.51. The molecule has 5 nitrogen and oxygen atoms in total. The molecule has 1 aromatic rings. The number of nitrogens with one attached hydrogen (secondary N) is 2. The molecule has 1 unspecified atom stereocenters. The molecule has 2 rings (SSSR count). The van der Waals surface area contributed by atoms with Crippen LogP contribution in [0.15, 0.2) is 27.8 Å². The van der Waals surface area contributed by atoms with Crippen LogP contribution < -0.4 is 10.6 Å². The number of furan rings is 1. The first-order chi connectivity index (χ1) is 8.85. The van der Waals surface area contributed by atoms with Crippen LogP contribution in [0, 0.1) is 0 Å². The van der Waals surface area contributed by atoms with Crippen LogP contribution >= 0.6 is 0 Å². The highest BCUT2D eigenvalue weighted by molar-refractivity contribution is 5.79. The number of hydrogen-bond donors (Lipinski definition) is 2. The monoisotopic (exact) mass is 250 g/mol. The van der Waals surface area contributed by atoms with Gasteiger partial charge >= 0.3 is 0 Å². The van der Waals surface area contributed by atoms with Crippen molar-refractivity contribution in [3.8, 4) is 0 Å². The minimum atomic E-state index is 0.285. The van der Waals surface area contributed by atoms with Gasteiger partial charge in [-0.1, -0.05) is 0 Å². The van der Waals surface area contributed by atoms with Crippen molar-refractivity contribution in [2.75, 3.05) is 33.7 Å². The van der Waals surface area contributed by atoms with Gasteiger partial charge in [0, 0.05) is 20.6 Å². The Morgan fingerprint density at radius 3 is 2.83 bits per heavy atom. The summed E-state index contributed by atoms with van der Waals surface area (Å²) in [5.74, 6) is 1.83. The third-order valence-corrected chi connectivity index (χ3v) is 3.38. The van der Waals surface area contributed by atoms with E-state index >= 15 is 0 Å². The normalized spacial score (nSPS) is 18.9. The van der Waals surface area contributed by atoms with Gasteiger partial charge in [0.1, 0.15) is 5.76 Å². The van der Waals surface area contributed by atoms with E-state index < -0.39 is 0 Å². The lowest BCUT2D eigenvalue weighted by atomic mass is 10.2. The summed E-state index contributed by atoms with van der Waals surface area (Å²) in [5.41, 5.74) is 0. The summed E-state index contributed by atoms with van der Waals surface area (Å²) in [7, 11) is 3.64. The second-order valence-electron chi connectivity index (χ2n) is 4.48. The Balaban J connectivity index is 2.01. The summed E-state index contributed by atoms with van der Waals surface area (Å²) in [4.78, 5) is 6.60. The van der Waals surface area contributed by atoms with Crippen molar-refractivity contribution in [1.82, 2.24) is 15.5 Å². The number of rotatable bonds is 4. The van der Waals surface area contributed by atoms with E-state index in [1.54, 1.807) is 13.3 Å². The van der Waals surface area contributed by atoms with Gasteiger partial charge in [-0.05, 0) is 38.1 Å². The minimum absolute atomic E-state index is 0.285. The SMILES string of the molecule is CN=C(NC)NCC(c1ccco1)N1CCCC1. The van der Waals surface area contributed by atoms with Gasteiger partial charge in [-0.2, -0.15) is 0 Å². The van der Waals surface area contributed by atoms with Crippen LogP contribution in [-0.4, -0.2) is 44.6 Å². The number of likely N-dealkylation sites (tertiary alicyclic amines) is 1. The zero-order valence-corrected chi connectivity index (χ0v) is 11.1. The van der Waals surface area contributed by atoms with Crippen molar-refractivity contribution in [3.63, 3.8) is 0 Å². The van der Waals surface area contributed by atoms with E-state index in [9.17, 15) is 0 Å². The third kappa shape index (κ3) is 3.04. The predicted octanol–water partition coefficient (Wildman–Crippen LogP) is 1.21. The summed E-state index contributed by atoms with van der Waals surface area (Å²) < 4.78 is 5.57. The fourth-order valence-corrected chi connectivity index (χ4v) is 2.42. The smallest absolute Gasteiger partial charge is 0.190 e. The molecule has 0 aromatic carbocycles. The van der Waals surface area contributed by atoms with E-state index in [-0.39, 0.29) is 6.04 Å². The summed E-state index contributed by atoms with van der Waals surface area (Å²) in [6.45, 7) is 3.09. The van der Waals surface area contributed by atoms with Crippen LogP contribution in [-0.2, 0) is 0 Å². The Bertz CT molecular complexity index is 368. The van der Waals surface area contributed by atoms with E-state index in [2.05, 4.69) is 20.5 Å². The van der Waals surface area contributed by atoms with Gasteiger partial charge in [0.25, 0.3) is 0 Å². The molecule has 1 fully saturated rings. The van der Waals surface area contributed by atoms with E-state index in [0.29, 0.717) is 0 Å². The Kier molecular flexibility index (Phi) is 4.64. The molecular formula is C13H22N4O. The van der Waals surface area contributed by atoms with Gasteiger partial charge in [0.15, 0.2) is 5.96 Å². The van der Waals surface area contributed by atoms with Gasteiger partial charge in [-0.25, -0.2) is 0 Å². The number of nitrogens with zero attached hydrogens (tertiary/aromatic N) is 2. The second-order valence-corrected chi connectivity index (χ2v) is 4.48. The summed E-state index contributed by atoms with van der Waals surface area (Å²) >= 11 is 0. The van der Waals surface area contributed by atoms with Crippen molar-refractivity contribution in [2.24, 2.45) is 4.99 Å². The molecule has 0 radical (unpaired) electrons. The Labute approximate surface area is 108 Å².